The summed E-state index contributed by atoms with van der Waals surface area (Å²) in [5.41, 5.74) is -0.0591. The number of nitrogens with one attached hydrogen (secondary N) is 2. The third kappa shape index (κ3) is 2.93. The van der Waals surface area contributed by atoms with Crippen molar-refractivity contribution >= 4 is 11.8 Å². The van der Waals surface area contributed by atoms with Gasteiger partial charge in [-0.1, -0.05) is 0 Å². The zero-order valence-corrected chi connectivity index (χ0v) is 11.2. The maximum Gasteiger partial charge on any atom is 0.257 e. The lowest BCUT2D eigenvalue weighted by Crippen LogP contribution is -2.59. The first-order valence-corrected chi connectivity index (χ1v) is 6.54. The van der Waals surface area contributed by atoms with Gasteiger partial charge < -0.3 is 15.5 Å². The van der Waals surface area contributed by atoms with Gasteiger partial charge in [-0.3, -0.25) is 14.6 Å². The van der Waals surface area contributed by atoms with Crippen molar-refractivity contribution in [2.45, 2.75) is 13.0 Å². The number of rotatable bonds is 3. The molecule has 6 nitrogen and oxygen atoms in total. The fraction of sp³-hybridized carbons (Fsp3) is 0.462. The van der Waals surface area contributed by atoms with E-state index < -0.39 is 17.8 Å². The number of hydrogen-bond acceptors (Lipinski definition) is 4. The number of carbonyl (C=O) groups excluding carboxylic acids is 2. The van der Waals surface area contributed by atoms with Gasteiger partial charge in [-0.2, -0.15) is 0 Å². The second-order valence-corrected chi connectivity index (χ2v) is 4.47. The van der Waals surface area contributed by atoms with Crippen LogP contribution in [0.1, 0.15) is 17.3 Å². The smallest absolute Gasteiger partial charge is 0.257 e. The lowest BCUT2D eigenvalue weighted by atomic mass is 10.1. The lowest BCUT2D eigenvalue weighted by Gasteiger charge is -2.35. The Morgan fingerprint density at radius 3 is 3.10 bits per heavy atom. The van der Waals surface area contributed by atoms with E-state index in [1.54, 1.807) is 0 Å². The maximum atomic E-state index is 13.6. The molecular formula is C13H17FN4O2. The Labute approximate surface area is 116 Å². The molecule has 0 bridgehead atoms. The van der Waals surface area contributed by atoms with Gasteiger partial charge in [-0.05, 0) is 13.0 Å². The molecule has 2 N–H and O–H groups in total. The fourth-order valence-electron chi connectivity index (χ4n) is 2.18. The van der Waals surface area contributed by atoms with Crippen LogP contribution in [-0.2, 0) is 4.79 Å². The highest BCUT2D eigenvalue weighted by Crippen LogP contribution is 2.13. The summed E-state index contributed by atoms with van der Waals surface area (Å²) >= 11 is 0. The second kappa shape index (κ2) is 6.42. The van der Waals surface area contributed by atoms with Gasteiger partial charge in [0.05, 0.1) is 11.8 Å². The summed E-state index contributed by atoms with van der Waals surface area (Å²) in [6.07, 6.45) is 2.36. The number of pyridine rings is 1. The Morgan fingerprint density at radius 2 is 2.40 bits per heavy atom. The van der Waals surface area contributed by atoms with Gasteiger partial charge in [0, 0.05) is 32.4 Å². The van der Waals surface area contributed by atoms with E-state index in [0.29, 0.717) is 26.2 Å². The van der Waals surface area contributed by atoms with Crippen LogP contribution in [0.4, 0.5) is 4.39 Å². The normalized spacial score (nSPS) is 18.7. The molecular weight excluding hydrogens is 263 g/mol. The molecule has 0 radical (unpaired) electrons. The van der Waals surface area contributed by atoms with Gasteiger partial charge in [0.25, 0.3) is 5.91 Å². The first-order chi connectivity index (χ1) is 9.65. The quantitative estimate of drug-likeness (QED) is 0.802. The monoisotopic (exact) mass is 280 g/mol. The minimum atomic E-state index is -0.675. The molecule has 1 fully saturated rings. The van der Waals surface area contributed by atoms with Gasteiger partial charge in [-0.15, -0.1) is 0 Å². The fourth-order valence-corrected chi connectivity index (χ4v) is 2.18. The number of carbonyl (C=O) groups is 2. The van der Waals surface area contributed by atoms with Gasteiger partial charge in [0.15, 0.2) is 5.82 Å². The van der Waals surface area contributed by atoms with Crippen LogP contribution in [0, 0.1) is 5.82 Å². The average Bonchev–Trinajstić information content (AvgIpc) is 2.47. The van der Waals surface area contributed by atoms with E-state index in [2.05, 4.69) is 15.6 Å². The van der Waals surface area contributed by atoms with Crippen molar-refractivity contribution in [3.05, 3.63) is 29.8 Å². The molecule has 1 saturated heterocycles. The van der Waals surface area contributed by atoms with Crippen LogP contribution in [0.5, 0.6) is 0 Å². The van der Waals surface area contributed by atoms with Crippen LogP contribution < -0.4 is 10.6 Å². The van der Waals surface area contributed by atoms with E-state index in [4.69, 9.17) is 0 Å². The number of halogens is 1. The number of aromatic nitrogens is 1. The highest BCUT2D eigenvalue weighted by Gasteiger charge is 2.33. The first-order valence-electron chi connectivity index (χ1n) is 6.54. The molecule has 108 valence electrons. The van der Waals surface area contributed by atoms with Gasteiger partial charge >= 0.3 is 0 Å². The van der Waals surface area contributed by atoms with Crippen molar-refractivity contribution in [3.8, 4) is 0 Å². The number of piperazine rings is 1. The Hall–Kier alpha value is -2.02. The predicted molar refractivity (Wildman–Crippen MR) is 70.6 cm³/mol. The number of amides is 2. The summed E-state index contributed by atoms with van der Waals surface area (Å²) in [7, 11) is 0. The highest BCUT2D eigenvalue weighted by molar-refractivity contribution is 5.97. The highest BCUT2D eigenvalue weighted by atomic mass is 19.1. The van der Waals surface area contributed by atoms with E-state index in [1.165, 1.54) is 17.2 Å². The minimum Gasteiger partial charge on any atom is -0.355 e. The molecule has 1 aromatic heterocycles. The van der Waals surface area contributed by atoms with Gasteiger partial charge in [0.1, 0.15) is 6.04 Å². The van der Waals surface area contributed by atoms with Crippen LogP contribution in [0.15, 0.2) is 18.5 Å². The van der Waals surface area contributed by atoms with Crippen molar-refractivity contribution in [2.24, 2.45) is 0 Å². The first kappa shape index (κ1) is 14.4. The molecule has 20 heavy (non-hydrogen) atoms. The second-order valence-electron chi connectivity index (χ2n) is 4.47. The predicted octanol–water partition coefficient (Wildman–Crippen LogP) is -0.229. The van der Waals surface area contributed by atoms with E-state index >= 15 is 0 Å². The Kier molecular flexibility index (Phi) is 4.62. The third-order valence-corrected chi connectivity index (χ3v) is 3.16. The largest absolute Gasteiger partial charge is 0.355 e. The van der Waals surface area contributed by atoms with E-state index in [9.17, 15) is 14.0 Å². The van der Waals surface area contributed by atoms with Crippen molar-refractivity contribution < 1.29 is 14.0 Å². The van der Waals surface area contributed by atoms with Crippen LogP contribution in [0.25, 0.3) is 0 Å². The van der Waals surface area contributed by atoms with Crippen molar-refractivity contribution in [3.63, 3.8) is 0 Å². The Balaban J connectivity index is 2.22. The zero-order chi connectivity index (χ0) is 14.5. The zero-order valence-electron chi connectivity index (χ0n) is 11.2. The van der Waals surface area contributed by atoms with E-state index in [-0.39, 0.29) is 11.5 Å². The number of hydrogen-bond donors (Lipinski definition) is 2. The summed E-state index contributed by atoms with van der Waals surface area (Å²) in [4.78, 5) is 29.4. The van der Waals surface area contributed by atoms with E-state index in [1.807, 2.05) is 6.92 Å². The average molecular weight is 280 g/mol. The molecule has 1 unspecified atom stereocenters. The molecule has 1 atom stereocenters. The maximum absolute atomic E-state index is 13.6. The van der Waals surface area contributed by atoms with Crippen LogP contribution >= 0.6 is 0 Å². The summed E-state index contributed by atoms with van der Waals surface area (Å²) in [6, 6.07) is 0.706. The van der Waals surface area contributed by atoms with Crippen LogP contribution in [-0.4, -0.2) is 53.9 Å². The molecule has 0 aromatic carbocycles. The van der Waals surface area contributed by atoms with Crippen LogP contribution in [0.3, 0.4) is 0 Å². The summed E-state index contributed by atoms with van der Waals surface area (Å²) < 4.78 is 13.6. The van der Waals surface area contributed by atoms with Crippen molar-refractivity contribution in [1.82, 2.24) is 20.5 Å². The topological polar surface area (TPSA) is 74.3 Å². The minimum absolute atomic E-state index is 0.0591. The molecule has 7 heteroatoms. The number of nitrogens with zero attached hydrogens (tertiary/aromatic N) is 2. The van der Waals surface area contributed by atoms with Gasteiger partial charge in [0.2, 0.25) is 5.91 Å². The van der Waals surface area contributed by atoms with Gasteiger partial charge in [-0.25, -0.2) is 4.39 Å². The van der Waals surface area contributed by atoms with Crippen molar-refractivity contribution in [1.29, 1.82) is 0 Å². The summed E-state index contributed by atoms with van der Waals surface area (Å²) in [5.74, 6) is -1.39. The number of likely N-dealkylation sites (N-methyl/N-ethyl adjacent to an activating group) is 1. The molecule has 0 spiro atoms. The molecule has 1 aliphatic rings. The molecule has 0 saturated carbocycles. The molecule has 2 rings (SSSR count). The molecule has 2 amide bonds. The Bertz CT molecular complexity index is 509. The lowest BCUT2D eigenvalue weighted by molar-refractivity contribution is -0.126. The standard InChI is InChI=1S/C13H17FN4O2/c1-2-17-12(19)11-8-16-5-6-18(11)13(20)9-3-4-15-7-10(9)14/h3-4,7,11,16H,2,5-6,8H2,1H3,(H,17,19). The Morgan fingerprint density at radius 1 is 1.60 bits per heavy atom. The van der Waals surface area contributed by atoms with E-state index in [0.717, 1.165) is 6.20 Å². The summed E-state index contributed by atoms with van der Waals surface area (Å²) in [5, 5.41) is 5.75. The molecule has 1 aliphatic heterocycles. The summed E-state index contributed by atoms with van der Waals surface area (Å²) in [6.45, 7) is 3.60. The third-order valence-electron chi connectivity index (χ3n) is 3.16. The SMILES string of the molecule is CCNC(=O)C1CNCCN1C(=O)c1ccncc1F. The molecule has 0 aliphatic carbocycles. The molecule has 2 heterocycles. The molecule has 1 aromatic rings. The van der Waals surface area contributed by atoms with Crippen LogP contribution in [0.2, 0.25) is 0 Å². The van der Waals surface area contributed by atoms with Crippen molar-refractivity contribution in [2.75, 3.05) is 26.2 Å².